The van der Waals surface area contributed by atoms with Gasteiger partial charge in [0.15, 0.2) is 0 Å². The van der Waals surface area contributed by atoms with Crippen LogP contribution in [0.1, 0.15) is 42.5 Å². The first-order chi connectivity index (χ1) is 12.5. The van der Waals surface area contributed by atoms with Crippen LogP contribution in [-0.2, 0) is 14.3 Å². The van der Waals surface area contributed by atoms with Crippen molar-refractivity contribution in [3.63, 3.8) is 0 Å². The second kappa shape index (κ2) is 7.86. The summed E-state index contributed by atoms with van der Waals surface area (Å²) in [5.41, 5.74) is 6.01. The molecule has 0 radical (unpaired) electrons. The molecule has 3 rings (SSSR count). The molecule has 3 N–H and O–H groups in total. The Labute approximate surface area is 152 Å². The third kappa shape index (κ3) is 3.72. The minimum Gasteiger partial charge on any atom is -0.468 e. The van der Waals surface area contributed by atoms with Crippen molar-refractivity contribution in [1.29, 1.82) is 0 Å². The lowest BCUT2D eigenvalue weighted by Gasteiger charge is -2.32. The maximum Gasteiger partial charge on any atom is 0.323 e. The number of fused-ring (bicyclic) bond motifs is 1. The molecule has 3 unspecified atom stereocenters. The van der Waals surface area contributed by atoms with Crippen molar-refractivity contribution in [2.24, 2.45) is 11.7 Å². The van der Waals surface area contributed by atoms with Crippen molar-refractivity contribution in [3.05, 3.63) is 29.8 Å². The average molecular weight is 359 g/mol. The predicted octanol–water partition coefficient (Wildman–Crippen LogP) is 1.53. The monoisotopic (exact) mass is 359 g/mol. The number of methoxy groups -OCH3 is 1. The second-order valence-corrected chi connectivity index (χ2v) is 7.02. The molecule has 1 saturated carbocycles. The number of nitrogens with two attached hydrogens (primary N) is 1. The van der Waals surface area contributed by atoms with E-state index in [-0.39, 0.29) is 36.1 Å². The number of nitrogens with one attached hydrogen (secondary N) is 1. The molecule has 3 atom stereocenters. The highest BCUT2D eigenvalue weighted by Crippen LogP contribution is 2.39. The molecule has 0 spiro atoms. The molecule has 1 aliphatic heterocycles. The molecule has 1 aromatic carbocycles. The number of anilines is 1. The Balaban J connectivity index is 1.74. The van der Waals surface area contributed by atoms with E-state index in [1.54, 1.807) is 24.3 Å². The Morgan fingerprint density at radius 1 is 1.23 bits per heavy atom. The molecule has 140 valence electrons. The van der Waals surface area contributed by atoms with Crippen LogP contribution in [0.2, 0.25) is 0 Å². The molecule has 0 aromatic heterocycles. The Morgan fingerprint density at radius 2 is 1.96 bits per heavy atom. The van der Waals surface area contributed by atoms with E-state index in [0.717, 1.165) is 25.7 Å². The highest BCUT2D eigenvalue weighted by molar-refractivity contribution is 6.03. The van der Waals surface area contributed by atoms with Gasteiger partial charge in [0.05, 0.1) is 24.9 Å². The Kier molecular flexibility index (Phi) is 5.56. The summed E-state index contributed by atoms with van der Waals surface area (Å²) in [4.78, 5) is 38.3. The predicted molar refractivity (Wildman–Crippen MR) is 96.5 cm³/mol. The number of hydrogen-bond donors (Lipinski definition) is 2. The first-order valence-corrected chi connectivity index (χ1v) is 9.03. The van der Waals surface area contributed by atoms with Crippen molar-refractivity contribution >= 4 is 23.5 Å². The van der Waals surface area contributed by atoms with Gasteiger partial charge in [-0.1, -0.05) is 25.0 Å². The van der Waals surface area contributed by atoms with Crippen LogP contribution in [0.5, 0.6) is 0 Å². The summed E-state index contributed by atoms with van der Waals surface area (Å²) in [5.74, 6) is -0.719. The smallest absolute Gasteiger partial charge is 0.323 e. The number of amides is 2. The number of primary amides is 1. The quantitative estimate of drug-likeness (QED) is 0.776. The van der Waals surface area contributed by atoms with Gasteiger partial charge in [-0.15, -0.1) is 0 Å². The third-order valence-corrected chi connectivity index (χ3v) is 5.49. The molecule has 7 nitrogen and oxygen atoms in total. The lowest BCUT2D eigenvalue weighted by molar-refractivity contribution is -0.146. The van der Waals surface area contributed by atoms with Gasteiger partial charge >= 0.3 is 5.97 Å². The van der Waals surface area contributed by atoms with Crippen LogP contribution in [0.4, 0.5) is 5.69 Å². The van der Waals surface area contributed by atoms with Crippen LogP contribution in [0.3, 0.4) is 0 Å². The molecular formula is C19H25N3O4. The van der Waals surface area contributed by atoms with Gasteiger partial charge in [-0.25, -0.2) is 0 Å². The van der Waals surface area contributed by atoms with Crippen molar-refractivity contribution in [2.75, 3.05) is 19.0 Å². The summed E-state index contributed by atoms with van der Waals surface area (Å²) in [6.07, 6.45) is 5.09. The number of hydrogen-bond acceptors (Lipinski definition) is 5. The van der Waals surface area contributed by atoms with Gasteiger partial charge in [0.25, 0.3) is 5.91 Å². The van der Waals surface area contributed by atoms with Crippen LogP contribution < -0.4 is 11.1 Å². The Bertz CT molecular complexity index is 706. The van der Waals surface area contributed by atoms with Gasteiger partial charge in [0.1, 0.15) is 6.04 Å². The van der Waals surface area contributed by atoms with Crippen molar-refractivity contribution < 1.29 is 19.1 Å². The maximum atomic E-state index is 12.6. The summed E-state index contributed by atoms with van der Waals surface area (Å²) in [6.45, 7) is 0.0913. The second-order valence-electron chi connectivity index (χ2n) is 7.02. The fourth-order valence-corrected chi connectivity index (χ4v) is 4.31. The molecule has 2 fully saturated rings. The number of carbonyl (C=O) groups excluding carboxylic acids is 3. The van der Waals surface area contributed by atoms with Crippen LogP contribution in [-0.4, -0.2) is 48.4 Å². The molecule has 2 amide bonds. The molecule has 1 aliphatic carbocycles. The molecule has 1 saturated heterocycles. The van der Waals surface area contributed by atoms with E-state index in [9.17, 15) is 14.4 Å². The largest absolute Gasteiger partial charge is 0.468 e. The molecule has 2 aliphatic rings. The molecule has 7 heteroatoms. The van der Waals surface area contributed by atoms with Gasteiger partial charge in [0.2, 0.25) is 5.91 Å². The Hall–Kier alpha value is -2.41. The molecular weight excluding hydrogens is 334 g/mol. The van der Waals surface area contributed by atoms with Crippen LogP contribution in [0, 0.1) is 5.92 Å². The van der Waals surface area contributed by atoms with Crippen molar-refractivity contribution in [2.45, 2.75) is 44.2 Å². The zero-order valence-electron chi connectivity index (χ0n) is 14.9. The third-order valence-electron chi connectivity index (χ3n) is 5.49. The van der Waals surface area contributed by atoms with E-state index in [1.165, 1.54) is 13.5 Å². The molecule has 1 heterocycles. The topological polar surface area (TPSA) is 102 Å². The van der Waals surface area contributed by atoms with Crippen molar-refractivity contribution in [3.8, 4) is 0 Å². The maximum absolute atomic E-state index is 12.6. The number of nitrogens with zero attached hydrogens (tertiary/aromatic N) is 1. The summed E-state index contributed by atoms with van der Waals surface area (Å²) in [5, 5.41) is 2.76. The fourth-order valence-electron chi connectivity index (χ4n) is 4.31. The summed E-state index contributed by atoms with van der Waals surface area (Å²) in [7, 11) is 1.38. The minimum atomic E-state index is -0.596. The molecule has 1 aromatic rings. The van der Waals surface area contributed by atoms with E-state index < -0.39 is 5.91 Å². The van der Waals surface area contributed by atoms with Gasteiger partial charge < -0.3 is 15.8 Å². The summed E-state index contributed by atoms with van der Waals surface area (Å²) < 4.78 is 4.95. The van der Waals surface area contributed by atoms with Gasteiger partial charge in [-0.3, -0.25) is 19.3 Å². The SMILES string of the molecule is COC(=O)C1CC2CCCCC2N1CC(=O)Nc1ccccc1C(N)=O. The van der Waals surface area contributed by atoms with Crippen LogP contribution >= 0.6 is 0 Å². The van der Waals surface area contributed by atoms with Crippen molar-refractivity contribution in [1.82, 2.24) is 4.90 Å². The number of carbonyl (C=O) groups is 3. The number of ether oxygens (including phenoxy) is 1. The zero-order chi connectivity index (χ0) is 18.7. The lowest BCUT2D eigenvalue weighted by Crippen LogP contribution is -2.46. The summed E-state index contributed by atoms with van der Waals surface area (Å²) >= 11 is 0. The average Bonchev–Trinajstić information content (AvgIpc) is 3.00. The Morgan fingerprint density at radius 3 is 2.69 bits per heavy atom. The van der Waals surface area contributed by atoms with Crippen LogP contribution in [0.25, 0.3) is 0 Å². The lowest BCUT2D eigenvalue weighted by atomic mass is 9.85. The van der Waals surface area contributed by atoms with Gasteiger partial charge in [0, 0.05) is 6.04 Å². The highest BCUT2D eigenvalue weighted by Gasteiger charge is 2.46. The normalized spacial score (nSPS) is 25.3. The van der Waals surface area contributed by atoms with E-state index in [4.69, 9.17) is 10.5 Å². The first-order valence-electron chi connectivity index (χ1n) is 9.03. The summed E-state index contributed by atoms with van der Waals surface area (Å²) in [6, 6.07) is 6.48. The number of likely N-dealkylation sites (tertiary alicyclic amines) is 1. The van der Waals surface area contributed by atoms with E-state index in [0.29, 0.717) is 11.6 Å². The minimum absolute atomic E-state index is 0.0913. The van der Waals surface area contributed by atoms with Crippen LogP contribution in [0.15, 0.2) is 24.3 Å². The molecule has 0 bridgehead atoms. The van der Waals surface area contributed by atoms with Gasteiger partial charge in [-0.2, -0.15) is 0 Å². The highest BCUT2D eigenvalue weighted by atomic mass is 16.5. The van der Waals surface area contributed by atoms with E-state index in [2.05, 4.69) is 5.32 Å². The number of esters is 1. The number of para-hydroxylation sites is 1. The fraction of sp³-hybridized carbons (Fsp3) is 0.526. The molecule has 26 heavy (non-hydrogen) atoms. The number of rotatable bonds is 5. The first kappa shape index (κ1) is 18.4. The van der Waals surface area contributed by atoms with E-state index in [1.807, 2.05) is 4.90 Å². The standard InChI is InChI=1S/C19H25N3O4/c1-26-19(25)16-10-12-6-2-5-9-15(12)22(16)11-17(23)21-14-8-4-3-7-13(14)18(20)24/h3-4,7-8,12,15-16H,2,5-6,9-11H2,1H3,(H2,20,24)(H,21,23). The number of benzene rings is 1. The van der Waals surface area contributed by atoms with E-state index >= 15 is 0 Å². The zero-order valence-corrected chi connectivity index (χ0v) is 14.9. The van der Waals surface area contributed by atoms with Gasteiger partial charge in [-0.05, 0) is 37.3 Å².